The Bertz CT molecular complexity index is 1250. The van der Waals surface area contributed by atoms with Crippen LogP contribution in [-0.2, 0) is 11.8 Å². The summed E-state index contributed by atoms with van der Waals surface area (Å²) in [4.78, 5) is 7.75. The molecule has 0 saturated carbocycles. The number of H-pyrrole nitrogens is 1. The first-order valence-electron chi connectivity index (χ1n) is 9.79. The van der Waals surface area contributed by atoms with Crippen LogP contribution >= 0.6 is 0 Å². The summed E-state index contributed by atoms with van der Waals surface area (Å²) in [5, 5.41) is 10.5. The van der Waals surface area contributed by atoms with Crippen molar-refractivity contribution >= 4 is 52.7 Å². The van der Waals surface area contributed by atoms with Crippen molar-refractivity contribution < 1.29 is 18.3 Å². The summed E-state index contributed by atoms with van der Waals surface area (Å²) in [6, 6.07) is 18.5. The molecule has 2 N–H and O–H groups in total. The first kappa shape index (κ1) is 24.3. The van der Waals surface area contributed by atoms with Crippen LogP contribution in [0.2, 0.25) is 0 Å². The molecule has 0 unspecified atom stereocenters. The number of benzene rings is 3. The molecule has 3 nitrogen and oxygen atoms in total. The van der Waals surface area contributed by atoms with E-state index in [2.05, 4.69) is 9.97 Å². The summed E-state index contributed by atoms with van der Waals surface area (Å²) in [6.07, 6.45) is -0.905. The molecule has 0 fully saturated rings. The van der Waals surface area contributed by atoms with E-state index in [-0.39, 0.29) is 29.6 Å². The smallest absolute Gasteiger partial charge is 0.386 e. The van der Waals surface area contributed by atoms with E-state index in [1.165, 1.54) is 12.1 Å². The number of nitrogens with one attached hydrogen (secondary N) is 1. The summed E-state index contributed by atoms with van der Waals surface area (Å²) in [6.45, 7) is 3.51. The molecule has 1 radical (unpaired) electrons. The monoisotopic (exact) mass is 445 g/mol. The molecule has 1 heterocycles. The number of imidazole rings is 1. The Morgan fingerprint density at radius 1 is 0.906 bits per heavy atom. The fourth-order valence-corrected chi connectivity index (χ4v) is 3.50. The van der Waals surface area contributed by atoms with Crippen molar-refractivity contribution in [3.8, 4) is 11.1 Å². The first-order chi connectivity index (χ1) is 14.6. The van der Waals surface area contributed by atoms with Crippen molar-refractivity contribution in [3.63, 3.8) is 0 Å². The number of nitrogens with zero attached hydrogens (tertiary/aromatic N) is 1. The van der Waals surface area contributed by atoms with Gasteiger partial charge in [0.15, 0.2) is 0 Å². The number of alkyl halides is 3. The third kappa shape index (κ3) is 5.33. The Hall–Kier alpha value is -2.38. The van der Waals surface area contributed by atoms with Gasteiger partial charge in [-0.05, 0) is 66.4 Å². The van der Waals surface area contributed by atoms with E-state index in [1.807, 2.05) is 42.5 Å². The summed E-state index contributed by atoms with van der Waals surface area (Å²) < 4.78 is 38.1. The van der Waals surface area contributed by atoms with Gasteiger partial charge in [0, 0.05) is 29.6 Å². The number of hydrogen-bond acceptors (Lipinski definition) is 2. The Balaban J connectivity index is 0.00000289. The van der Waals surface area contributed by atoms with Gasteiger partial charge in [-0.25, -0.2) is 4.98 Å². The van der Waals surface area contributed by atoms with Gasteiger partial charge in [0.25, 0.3) is 0 Å². The van der Waals surface area contributed by atoms with Crippen LogP contribution in [0.25, 0.3) is 34.3 Å². The Morgan fingerprint density at radius 3 is 2.25 bits per heavy atom. The van der Waals surface area contributed by atoms with Crippen molar-refractivity contribution in [1.82, 2.24) is 9.97 Å². The average molecular weight is 445 g/mol. The largest absolute Gasteiger partial charge is 0.416 e. The number of aromatic amines is 1. The fourth-order valence-electron chi connectivity index (χ4n) is 3.50. The maximum Gasteiger partial charge on any atom is 0.416 e. The van der Waals surface area contributed by atoms with E-state index in [9.17, 15) is 18.3 Å². The van der Waals surface area contributed by atoms with Crippen LogP contribution in [0.3, 0.4) is 0 Å². The third-order valence-electron chi connectivity index (χ3n) is 5.07. The summed E-state index contributed by atoms with van der Waals surface area (Å²) in [7, 11) is 0. The molecule has 0 aliphatic heterocycles. The Kier molecular flexibility index (Phi) is 7.00. The third-order valence-corrected chi connectivity index (χ3v) is 5.07. The van der Waals surface area contributed by atoms with Gasteiger partial charge in [-0.15, -0.1) is 0 Å². The van der Waals surface area contributed by atoms with Crippen LogP contribution in [0.15, 0.2) is 66.7 Å². The molecule has 0 spiro atoms. The second kappa shape index (κ2) is 9.24. The number of aliphatic hydroxyl groups is 1. The normalized spacial score (nSPS) is 12.3. The SMILES string of the molecule is CC(C)(O)c1ccccc1-c1ccc2nc(C=Cc3ccc(C(F)(F)F)cc3)[nH]c2c1.[Na]. The van der Waals surface area contributed by atoms with Gasteiger partial charge in [0.05, 0.1) is 22.2 Å². The molecule has 4 aromatic rings. The standard InChI is InChI=1S/C25H21F3N2O.Na/c1-24(2,31)20-6-4-3-5-19(20)17-10-13-21-22(15-17)30-23(29-21)14-9-16-7-11-18(12-8-16)25(26,27)28;/h3-15,31H,1-2H3,(H,29,30);. The van der Waals surface area contributed by atoms with Gasteiger partial charge < -0.3 is 10.1 Å². The fraction of sp³-hybridized carbons (Fsp3) is 0.160. The Labute approximate surface area is 206 Å². The number of halogens is 3. The molecular weight excluding hydrogens is 424 g/mol. The van der Waals surface area contributed by atoms with Gasteiger partial charge in [-0.3, -0.25) is 0 Å². The summed E-state index contributed by atoms with van der Waals surface area (Å²) in [5.74, 6) is 0.600. The Morgan fingerprint density at radius 2 is 1.59 bits per heavy atom. The number of fused-ring (bicyclic) bond motifs is 1. The molecule has 1 aromatic heterocycles. The van der Waals surface area contributed by atoms with Gasteiger partial charge in [-0.2, -0.15) is 13.2 Å². The van der Waals surface area contributed by atoms with Crippen molar-refractivity contribution in [2.75, 3.05) is 0 Å². The minimum absolute atomic E-state index is 0. The molecule has 32 heavy (non-hydrogen) atoms. The maximum absolute atomic E-state index is 12.7. The first-order valence-corrected chi connectivity index (χ1v) is 9.79. The molecule has 0 bridgehead atoms. The molecule has 0 aliphatic rings. The van der Waals surface area contributed by atoms with E-state index in [0.29, 0.717) is 11.4 Å². The molecule has 4 rings (SSSR count). The van der Waals surface area contributed by atoms with Crippen LogP contribution < -0.4 is 0 Å². The molecule has 159 valence electrons. The van der Waals surface area contributed by atoms with Crippen LogP contribution in [0.1, 0.15) is 36.4 Å². The summed E-state index contributed by atoms with van der Waals surface area (Å²) >= 11 is 0. The quantitative estimate of drug-likeness (QED) is 0.364. The van der Waals surface area contributed by atoms with Crippen molar-refractivity contribution in [3.05, 3.63) is 89.2 Å². The number of hydrogen-bond donors (Lipinski definition) is 2. The minimum atomic E-state index is -4.34. The summed E-state index contributed by atoms with van der Waals surface area (Å²) in [5.41, 5.74) is 3.32. The van der Waals surface area contributed by atoms with E-state index in [0.717, 1.165) is 39.9 Å². The molecule has 0 saturated heterocycles. The maximum atomic E-state index is 12.7. The van der Waals surface area contributed by atoms with Crippen molar-refractivity contribution in [2.24, 2.45) is 0 Å². The van der Waals surface area contributed by atoms with Gasteiger partial charge in [0.1, 0.15) is 5.82 Å². The van der Waals surface area contributed by atoms with Gasteiger partial charge in [0.2, 0.25) is 0 Å². The molecule has 3 aromatic carbocycles. The molecular formula is C25H21F3N2NaO. The second-order valence-electron chi connectivity index (χ2n) is 7.91. The predicted molar refractivity (Wildman–Crippen MR) is 123 cm³/mol. The van der Waals surface area contributed by atoms with E-state index < -0.39 is 17.3 Å². The van der Waals surface area contributed by atoms with Crippen molar-refractivity contribution in [2.45, 2.75) is 25.6 Å². The molecule has 0 atom stereocenters. The predicted octanol–water partition coefficient (Wildman–Crippen LogP) is 6.27. The molecule has 7 heteroatoms. The van der Waals surface area contributed by atoms with Gasteiger partial charge >= 0.3 is 6.18 Å². The van der Waals surface area contributed by atoms with E-state index in [4.69, 9.17) is 0 Å². The van der Waals surface area contributed by atoms with Crippen LogP contribution in [-0.4, -0.2) is 44.6 Å². The van der Waals surface area contributed by atoms with Gasteiger partial charge in [-0.1, -0.05) is 48.5 Å². The van der Waals surface area contributed by atoms with E-state index in [1.54, 1.807) is 26.0 Å². The van der Waals surface area contributed by atoms with Crippen LogP contribution in [0, 0.1) is 0 Å². The number of aromatic nitrogens is 2. The second-order valence-corrected chi connectivity index (χ2v) is 7.91. The topological polar surface area (TPSA) is 48.9 Å². The van der Waals surface area contributed by atoms with E-state index >= 15 is 0 Å². The average Bonchev–Trinajstić information content (AvgIpc) is 3.13. The zero-order chi connectivity index (χ0) is 22.2. The van der Waals surface area contributed by atoms with Crippen LogP contribution in [0.5, 0.6) is 0 Å². The molecule has 0 amide bonds. The molecule has 0 aliphatic carbocycles. The van der Waals surface area contributed by atoms with Crippen LogP contribution in [0.4, 0.5) is 13.2 Å². The number of rotatable bonds is 4. The zero-order valence-corrected chi connectivity index (χ0v) is 20.0. The minimum Gasteiger partial charge on any atom is -0.386 e. The van der Waals surface area contributed by atoms with Crippen molar-refractivity contribution in [1.29, 1.82) is 0 Å². The zero-order valence-electron chi connectivity index (χ0n) is 18.0.